The van der Waals surface area contributed by atoms with Crippen molar-refractivity contribution < 1.29 is 4.79 Å². The van der Waals surface area contributed by atoms with Crippen molar-refractivity contribution >= 4 is 28.4 Å². The maximum atomic E-state index is 12.0. The zero-order valence-corrected chi connectivity index (χ0v) is 11.9. The minimum absolute atomic E-state index is 0.136. The molecule has 0 aliphatic rings. The summed E-state index contributed by atoms with van der Waals surface area (Å²) in [5.74, 6) is 0.276. The maximum Gasteiger partial charge on any atom is 0.175 e. The number of alkyl halides is 1. The summed E-state index contributed by atoms with van der Waals surface area (Å²) in [6, 6.07) is 9.60. The quantitative estimate of drug-likeness (QED) is 0.308. The van der Waals surface area contributed by atoms with Crippen LogP contribution in [0.4, 0.5) is 0 Å². The van der Waals surface area contributed by atoms with Gasteiger partial charge in [-0.15, -0.1) is 0 Å². The molecule has 2 heteroatoms. The Hall–Kier alpha value is -0.380. The lowest BCUT2D eigenvalue weighted by atomic mass is 10.0. The third-order valence-corrected chi connectivity index (χ3v) is 3.84. The lowest BCUT2D eigenvalue weighted by molar-refractivity contribution is 0.0991. The highest BCUT2D eigenvalue weighted by molar-refractivity contribution is 14.1. The van der Waals surface area contributed by atoms with Gasteiger partial charge in [-0.25, -0.2) is 0 Å². The molecule has 1 aromatic rings. The fraction of sp³-hybridized carbons (Fsp3) is 0.500. The Morgan fingerprint density at radius 2 is 1.88 bits per heavy atom. The molecule has 0 aliphatic heterocycles. The Labute approximate surface area is 112 Å². The summed E-state index contributed by atoms with van der Waals surface area (Å²) < 4.78 is 0.136. The molecule has 0 heterocycles. The number of carbonyl (C=O) groups is 1. The van der Waals surface area contributed by atoms with E-state index in [0.29, 0.717) is 0 Å². The van der Waals surface area contributed by atoms with Crippen LogP contribution in [0.3, 0.4) is 0 Å². The highest BCUT2D eigenvalue weighted by Crippen LogP contribution is 2.17. The van der Waals surface area contributed by atoms with Crippen LogP contribution < -0.4 is 0 Å². The highest BCUT2D eigenvalue weighted by atomic mass is 127. The number of hydrogen-bond donors (Lipinski definition) is 0. The van der Waals surface area contributed by atoms with Crippen LogP contribution in [0.1, 0.15) is 49.4 Å². The van der Waals surface area contributed by atoms with Gasteiger partial charge in [0.25, 0.3) is 0 Å². The minimum atomic E-state index is 0.136. The number of unbranched alkanes of at least 4 members (excludes halogenated alkanes) is 3. The van der Waals surface area contributed by atoms with Crippen LogP contribution in [0.2, 0.25) is 0 Å². The number of hydrogen-bond acceptors (Lipinski definition) is 1. The minimum Gasteiger partial charge on any atom is -0.293 e. The Morgan fingerprint density at radius 3 is 2.50 bits per heavy atom. The SMILES string of the molecule is CCCCCCC(I)C(=O)c1ccccc1. The van der Waals surface area contributed by atoms with E-state index in [2.05, 4.69) is 29.5 Å². The Kier molecular flexibility index (Phi) is 6.69. The second-order valence-corrected chi connectivity index (χ2v) is 5.55. The second-order valence-electron chi connectivity index (χ2n) is 4.05. The molecule has 0 amide bonds. The van der Waals surface area contributed by atoms with Crippen molar-refractivity contribution in [2.45, 2.75) is 43.0 Å². The molecule has 1 atom stereocenters. The van der Waals surface area contributed by atoms with Crippen LogP contribution in [0.15, 0.2) is 30.3 Å². The van der Waals surface area contributed by atoms with Gasteiger partial charge in [0.2, 0.25) is 0 Å². The average Bonchev–Trinajstić information content (AvgIpc) is 2.34. The molecule has 1 nitrogen and oxygen atoms in total. The van der Waals surface area contributed by atoms with Gasteiger partial charge in [-0.3, -0.25) is 4.79 Å². The summed E-state index contributed by atoms with van der Waals surface area (Å²) >= 11 is 2.27. The van der Waals surface area contributed by atoms with Gasteiger partial charge in [0.05, 0.1) is 3.92 Å². The molecular formula is C14H19IO. The number of benzene rings is 1. The fourth-order valence-corrected chi connectivity index (χ4v) is 2.46. The monoisotopic (exact) mass is 330 g/mol. The predicted octanol–water partition coefficient (Wildman–Crippen LogP) is 4.64. The van der Waals surface area contributed by atoms with Crippen LogP contribution in [-0.4, -0.2) is 9.71 Å². The lowest BCUT2D eigenvalue weighted by Crippen LogP contribution is -2.13. The Balaban J connectivity index is 2.37. The average molecular weight is 330 g/mol. The highest BCUT2D eigenvalue weighted by Gasteiger charge is 2.15. The second kappa shape index (κ2) is 7.82. The van der Waals surface area contributed by atoms with Gasteiger partial charge in [0.1, 0.15) is 0 Å². The van der Waals surface area contributed by atoms with Crippen LogP contribution in [0, 0.1) is 0 Å². The van der Waals surface area contributed by atoms with Gasteiger partial charge in [-0.1, -0.05) is 85.5 Å². The third-order valence-electron chi connectivity index (χ3n) is 2.65. The standard InChI is InChI=1S/C14H19IO/c1-2-3-4-8-11-13(15)14(16)12-9-6-5-7-10-12/h5-7,9-10,13H,2-4,8,11H2,1H3. The van der Waals surface area contributed by atoms with E-state index in [1.165, 1.54) is 25.7 Å². The van der Waals surface area contributed by atoms with Gasteiger partial charge in [-0.05, 0) is 6.42 Å². The molecule has 0 radical (unpaired) electrons. The number of rotatable bonds is 7. The van der Waals surface area contributed by atoms with Gasteiger partial charge in [0, 0.05) is 5.56 Å². The molecule has 0 bridgehead atoms. The molecule has 0 aliphatic carbocycles. The molecule has 88 valence electrons. The van der Waals surface area contributed by atoms with Gasteiger partial charge in [-0.2, -0.15) is 0 Å². The number of ketones is 1. The van der Waals surface area contributed by atoms with Crippen LogP contribution in [0.25, 0.3) is 0 Å². The first-order valence-corrected chi connectivity index (χ1v) is 7.23. The van der Waals surface area contributed by atoms with Crippen molar-refractivity contribution in [2.24, 2.45) is 0 Å². The third kappa shape index (κ3) is 4.64. The molecule has 0 spiro atoms. The molecule has 1 aromatic carbocycles. The number of halogens is 1. The zero-order valence-electron chi connectivity index (χ0n) is 9.79. The molecule has 0 N–H and O–H groups in total. The number of carbonyl (C=O) groups excluding carboxylic acids is 1. The number of Topliss-reactive ketones (excluding diaryl/α,β-unsaturated/α-hetero) is 1. The van der Waals surface area contributed by atoms with E-state index in [1.807, 2.05) is 30.3 Å². The van der Waals surface area contributed by atoms with E-state index < -0.39 is 0 Å². The van der Waals surface area contributed by atoms with E-state index in [0.717, 1.165) is 12.0 Å². The summed E-state index contributed by atoms with van der Waals surface area (Å²) in [4.78, 5) is 12.0. The first kappa shape index (κ1) is 13.7. The summed E-state index contributed by atoms with van der Waals surface area (Å²) in [6.45, 7) is 2.21. The van der Waals surface area contributed by atoms with Crippen molar-refractivity contribution in [1.29, 1.82) is 0 Å². The van der Waals surface area contributed by atoms with Gasteiger partial charge in [0.15, 0.2) is 5.78 Å². The first-order valence-electron chi connectivity index (χ1n) is 5.99. The first-order chi connectivity index (χ1) is 7.75. The van der Waals surface area contributed by atoms with Crippen molar-refractivity contribution in [3.63, 3.8) is 0 Å². The smallest absolute Gasteiger partial charge is 0.175 e. The molecule has 0 fully saturated rings. The zero-order chi connectivity index (χ0) is 11.8. The molecule has 0 saturated heterocycles. The summed E-state index contributed by atoms with van der Waals surface area (Å²) in [6.07, 6.45) is 5.95. The van der Waals surface area contributed by atoms with Crippen molar-refractivity contribution in [1.82, 2.24) is 0 Å². The topological polar surface area (TPSA) is 17.1 Å². The Morgan fingerprint density at radius 1 is 1.19 bits per heavy atom. The largest absolute Gasteiger partial charge is 0.293 e. The van der Waals surface area contributed by atoms with E-state index in [4.69, 9.17) is 0 Å². The van der Waals surface area contributed by atoms with Crippen LogP contribution in [-0.2, 0) is 0 Å². The normalized spacial score (nSPS) is 12.4. The van der Waals surface area contributed by atoms with Crippen molar-refractivity contribution in [3.05, 3.63) is 35.9 Å². The lowest BCUT2D eigenvalue weighted by Gasteiger charge is -2.08. The molecule has 1 rings (SSSR count). The molecular weight excluding hydrogens is 311 g/mol. The summed E-state index contributed by atoms with van der Waals surface area (Å²) in [5, 5.41) is 0. The van der Waals surface area contributed by atoms with Crippen LogP contribution >= 0.6 is 22.6 Å². The van der Waals surface area contributed by atoms with Crippen molar-refractivity contribution in [3.8, 4) is 0 Å². The van der Waals surface area contributed by atoms with E-state index in [-0.39, 0.29) is 9.71 Å². The van der Waals surface area contributed by atoms with Crippen molar-refractivity contribution in [2.75, 3.05) is 0 Å². The van der Waals surface area contributed by atoms with E-state index >= 15 is 0 Å². The molecule has 0 aromatic heterocycles. The maximum absolute atomic E-state index is 12.0. The Bertz CT molecular complexity index is 308. The summed E-state index contributed by atoms with van der Waals surface area (Å²) in [5.41, 5.74) is 0.845. The van der Waals surface area contributed by atoms with E-state index in [1.54, 1.807) is 0 Å². The predicted molar refractivity (Wildman–Crippen MR) is 77.3 cm³/mol. The summed E-state index contributed by atoms with van der Waals surface area (Å²) in [7, 11) is 0. The van der Waals surface area contributed by atoms with E-state index in [9.17, 15) is 4.79 Å². The van der Waals surface area contributed by atoms with Gasteiger partial charge >= 0.3 is 0 Å². The molecule has 0 saturated carbocycles. The van der Waals surface area contributed by atoms with Gasteiger partial charge < -0.3 is 0 Å². The van der Waals surface area contributed by atoms with Crippen LogP contribution in [0.5, 0.6) is 0 Å². The fourth-order valence-electron chi connectivity index (χ4n) is 1.66. The molecule has 16 heavy (non-hydrogen) atoms. The molecule has 1 unspecified atom stereocenters.